The molecule has 218 valence electrons. The van der Waals surface area contributed by atoms with E-state index in [1.807, 2.05) is 0 Å². The van der Waals surface area contributed by atoms with Crippen LogP contribution in [0.15, 0.2) is 24.3 Å². The van der Waals surface area contributed by atoms with Crippen molar-refractivity contribution in [3.8, 4) is 5.75 Å². The minimum absolute atomic E-state index is 0.0228. The van der Waals surface area contributed by atoms with Gasteiger partial charge in [-0.3, -0.25) is 40.1 Å². The van der Waals surface area contributed by atoms with Crippen molar-refractivity contribution in [1.82, 2.24) is 21.0 Å². The number of hydrogen-bond acceptors (Lipinski definition) is 14. The molecule has 0 bridgehead atoms. The second-order valence-corrected chi connectivity index (χ2v) is 9.77. The molecule has 39 heavy (non-hydrogen) atoms. The molecule has 2 rings (SSSR count). The van der Waals surface area contributed by atoms with Gasteiger partial charge in [-0.25, -0.2) is 9.63 Å². The van der Waals surface area contributed by atoms with Crippen LogP contribution < -0.4 is 10.1 Å². The predicted molar refractivity (Wildman–Crippen MR) is 132 cm³/mol. The van der Waals surface area contributed by atoms with E-state index in [1.54, 1.807) is 25.1 Å². The minimum Gasteiger partial charge on any atom is -0.425 e. The number of thioether (sulfide) groups is 1. The van der Waals surface area contributed by atoms with E-state index in [0.29, 0.717) is 37.8 Å². The fourth-order valence-corrected chi connectivity index (χ4v) is 4.46. The molecule has 16 heteroatoms. The Bertz CT molecular complexity index is 966. The van der Waals surface area contributed by atoms with Gasteiger partial charge in [-0.1, -0.05) is 30.8 Å². The quantitative estimate of drug-likeness (QED) is 0.0819. The number of benzene rings is 1. The van der Waals surface area contributed by atoms with E-state index in [4.69, 9.17) is 25.6 Å². The lowest BCUT2D eigenvalue weighted by Crippen LogP contribution is -2.45. The fourth-order valence-electron chi connectivity index (χ4n) is 3.71. The van der Waals surface area contributed by atoms with Crippen molar-refractivity contribution in [3.05, 3.63) is 29.8 Å². The summed E-state index contributed by atoms with van der Waals surface area (Å²) in [5.41, 5.74) is 0.519. The maximum atomic E-state index is 13.0. The Labute approximate surface area is 228 Å². The highest BCUT2D eigenvalue weighted by Crippen LogP contribution is 2.24. The summed E-state index contributed by atoms with van der Waals surface area (Å²) >= 11 is 0.920. The first-order valence-electron chi connectivity index (χ1n) is 12.2. The Morgan fingerprint density at radius 2 is 1.87 bits per heavy atom. The van der Waals surface area contributed by atoms with E-state index in [1.165, 1.54) is 11.0 Å². The maximum absolute atomic E-state index is 13.0. The van der Waals surface area contributed by atoms with Crippen LogP contribution in [0, 0.1) is 5.92 Å². The number of ether oxygens (including phenoxy) is 1. The summed E-state index contributed by atoms with van der Waals surface area (Å²) in [7, 11) is 0. The highest BCUT2D eigenvalue weighted by molar-refractivity contribution is 8.13. The molecule has 1 saturated heterocycles. The monoisotopic (exact) mass is 574 g/mol. The van der Waals surface area contributed by atoms with Gasteiger partial charge < -0.3 is 15.0 Å². The third kappa shape index (κ3) is 12.4. The molecular weight excluding hydrogens is 540 g/mol. The van der Waals surface area contributed by atoms with Crippen LogP contribution in [0.5, 0.6) is 5.75 Å². The van der Waals surface area contributed by atoms with Crippen molar-refractivity contribution >= 4 is 34.7 Å². The number of nitrogens with zero attached hydrogens (tertiary/aromatic N) is 3. The van der Waals surface area contributed by atoms with Crippen LogP contribution in [0.3, 0.4) is 0 Å². The number of amides is 2. The molecule has 15 nitrogen and oxygen atoms in total. The van der Waals surface area contributed by atoms with Gasteiger partial charge in [-0.05, 0) is 43.4 Å². The summed E-state index contributed by atoms with van der Waals surface area (Å²) in [6, 6.07) is 5.53. The molecule has 2 amide bonds. The molecule has 2 atom stereocenters. The lowest BCUT2D eigenvalue weighted by molar-refractivity contribution is -0.497. The summed E-state index contributed by atoms with van der Waals surface area (Å²) in [5, 5.41) is 35.5. The second kappa shape index (κ2) is 17.1. The van der Waals surface area contributed by atoms with E-state index in [-0.39, 0.29) is 54.6 Å². The first-order valence-corrected chi connectivity index (χ1v) is 13.2. The molecule has 0 radical (unpaired) electrons. The van der Waals surface area contributed by atoms with Gasteiger partial charge in [0.05, 0.1) is 30.5 Å². The third-order valence-electron chi connectivity index (χ3n) is 5.62. The molecule has 1 heterocycles. The summed E-state index contributed by atoms with van der Waals surface area (Å²) in [6.07, 6.45) is 2.04. The largest absolute Gasteiger partial charge is 0.425 e. The highest BCUT2D eigenvalue weighted by Gasteiger charge is 2.37. The van der Waals surface area contributed by atoms with Crippen LogP contribution >= 0.6 is 11.8 Å². The first kappa shape index (κ1) is 32.5. The van der Waals surface area contributed by atoms with Crippen LogP contribution in [0.25, 0.3) is 0 Å². The van der Waals surface area contributed by atoms with E-state index in [9.17, 15) is 19.2 Å². The van der Waals surface area contributed by atoms with Gasteiger partial charge in [0.2, 0.25) is 16.9 Å². The first-order chi connectivity index (χ1) is 18.6. The van der Waals surface area contributed by atoms with Crippen LogP contribution in [-0.2, 0) is 35.5 Å². The molecule has 1 aliphatic rings. The number of carbonyl (C=O) groups excluding carboxylic acids is 4. The van der Waals surface area contributed by atoms with Gasteiger partial charge in [0, 0.05) is 24.6 Å². The lowest BCUT2D eigenvalue weighted by Gasteiger charge is -2.26. The average molecular weight is 575 g/mol. The Morgan fingerprint density at radius 3 is 2.59 bits per heavy atom. The van der Waals surface area contributed by atoms with Crippen LogP contribution in [0.4, 0.5) is 0 Å². The van der Waals surface area contributed by atoms with Gasteiger partial charge in [0.25, 0.3) is 0 Å². The zero-order valence-corrected chi connectivity index (χ0v) is 22.2. The van der Waals surface area contributed by atoms with Crippen LogP contribution in [0.2, 0.25) is 0 Å². The molecule has 1 aromatic rings. The number of carbonyl (C=O) groups is 4. The molecular formula is C23H34N4O11S. The zero-order chi connectivity index (χ0) is 28.8. The molecule has 1 aromatic carbocycles. The Morgan fingerprint density at radius 1 is 1.13 bits per heavy atom. The topological polar surface area (TPSA) is 199 Å². The predicted octanol–water partition coefficient (Wildman–Crippen LogP) is 1.29. The van der Waals surface area contributed by atoms with Crippen LogP contribution in [-0.4, -0.2) is 90.9 Å². The number of likely N-dealkylation sites (tertiary alicyclic amines) is 1. The van der Waals surface area contributed by atoms with Crippen molar-refractivity contribution in [3.63, 3.8) is 0 Å². The lowest BCUT2D eigenvalue weighted by atomic mass is 10.1. The SMILES string of the molecule is C[C@H](CSC(=O)CNC(=O)CCCCON(O)O)C(=O)N1CCC[C@H]1C(=O)Oc1cccc(CON(O)O)c1. The van der Waals surface area contributed by atoms with Crippen molar-refractivity contribution in [2.24, 2.45) is 5.92 Å². The number of unbranched alkanes of at least 4 members (excludes halogenated alkanes) is 1. The van der Waals surface area contributed by atoms with Crippen molar-refractivity contribution in [2.45, 2.75) is 51.7 Å². The zero-order valence-electron chi connectivity index (χ0n) is 21.4. The van der Waals surface area contributed by atoms with Crippen molar-refractivity contribution in [1.29, 1.82) is 0 Å². The number of hydrogen-bond donors (Lipinski definition) is 5. The number of esters is 1. The smallest absolute Gasteiger partial charge is 0.334 e. The van der Waals surface area contributed by atoms with Crippen LogP contribution in [0.1, 0.15) is 44.6 Å². The minimum atomic E-state index is -0.770. The molecule has 0 spiro atoms. The molecule has 1 aliphatic heterocycles. The highest BCUT2D eigenvalue weighted by atomic mass is 32.2. The maximum Gasteiger partial charge on any atom is 0.334 e. The number of nitrogens with one attached hydrogen (secondary N) is 1. The van der Waals surface area contributed by atoms with E-state index in [0.717, 1.165) is 11.8 Å². The van der Waals surface area contributed by atoms with E-state index >= 15 is 0 Å². The molecule has 5 N–H and O–H groups in total. The Balaban J connectivity index is 1.75. The second-order valence-electron chi connectivity index (χ2n) is 8.69. The molecule has 0 saturated carbocycles. The normalized spacial score (nSPS) is 16.0. The van der Waals surface area contributed by atoms with Gasteiger partial charge in [-0.15, -0.1) is 0 Å². The summed E-state index contributed by atoms with van der Waals surface area (Å²) < 4.78 is 5.45. The molecule has 0 aromatic heterocycles. The fraction of sp³-hybridized carbons (Fsp3) is 0.565. The summed E-state index contributed by atoms with van der Waals surface area (Å²) in [5.74, 6) is -1.37. The standard InChI is InChI=1S/C23H34N4O11S/c1-16(15-39-21(29)13-24-20(28)9-2-3-11-36-26(32)33)22(30)25-10-5-8-19(25)23(31)38-18-7-4-6-17(12-18)14-37-27(34)35/h4,6-7,12,16,19,32-35H,2-3,5,8-11,13-15H2,1H3,(H,24,28)/t16-,19+/m1/s1. The Kier molecular flexibility index (Phi) is 14.3. The Hall–Kier alpha value is -2.67. The van der Waals surface area contributed by atoms with Gasteiger partial charge in [-0.2, -0.15) is 0 Å². The number of rotatable bonds is 16. The van der Waals surface area contributed by atoms with Crippen molar-refractivity contribution < 1.29 is 54.4 Å². The van der Waals surface area contributed by atoms with Gasteiger partial charge >= 0.3 is 5.97 Å². The summed E-state index contributed by atoms with van der Waals surface area (Å²) in [4.78, 5) is 60.2. The summed E-state index contributed by atoms with van der Waals surface area (Å²) in [6.45, 7) is 1.70. The third-order valence-corrected chi connectivity index (χ3v) is 6.76. The van der Waals surface area contributed by atoms with E-state index in [2.05, 4.69) is 15.0 Å². The molecule has 0 unspecified atom stereocenters. The van der Waals surface area contributed by atoms with Gasteiger partial charge in [0.15, 0.2) is 0 Å². The molecule has 0 aliphatic carbocycles. The average Bonchev–Trinajstić information content (AvgIpc) is 3.39. The molecule has 1 fully saturated rings. The van der Waals surface area contributed by atoms with E-state index < -0.39 is 28.7 Å². The van der Waals surface area contributed by atoms with Crippen molar-refractivity contribution in [2.75, 3.05) is 25.4 Å². The van der Waals surface area contributed by atoms with Gasteiger partial charge in [0.1, 0.15) is 11.8 Å².